The van der Waals surface area contributed by atoms with Crippen LogP contribution in [0.15, 0.2) is 59.0 Å². The monoisotopic (exact) mass is 444 g/mol. The Bertz CT molecular complexity index is 1090. The predicted molar refractivity (Wildman–Crippen MR) is 123 cm³/mol. The zero-order chi connectivity index (χ0) is 21.0. The Labute approximate surface area is 184 Å². The number of aryl methyl sites for hydroxylation is 2. The molecule has 148 valence electrons. The Hall–Kier alpha value is -2.60. The summed E-state index contributed by atoms with van der Waals surface area (Å²) in [5, 5.41) is 6.89. The SMILES string of the molecule is Cc1ccc(NC(=S)NC(=O)/C=C/c2ccc(-c3cc(Cl)cc(Cl)c3)o2)c(C)c1. The van der Waals surface area contributed by atoms with Crippen LogP contribution in [0.3, 0.4) is 0 Å². The van der Waals surface area contributed by atoms with Gasteiger partial charge >= 0.3 is 0 Å². The molecule has 0 bridgehead atoms. The Morgan fingerprint density at radius 1 is 1.03 bits per heavy atom. The maximum atomic E-state index is 12.1. The highest BCUT2D eigenvalue weighted by Crippen LogP contribution is 2.28. The number of hydrogen-bond acceptors (Lipinski definition) is 3. The molecule has 0 saturated heterocycles. The third-order valence-electron chi connectivity index (χ3n) is 4.04. The topological polar surface area (TPSA) is 54.3 Å². The summed E-state index contributed by atoms with van der Waals surface area (Å²) in [6.45, 7) is 3.99. The first-order valence-corrected chi connectivity index (χ1v) is 9.90. The van der Waals surface area contributed by atoms with Gasteiger partial charge in [0, 0.05) is 27.4 Å². The maximum Gasteiger partial charge on any atom is 0.250 e. The molecule has 0 radical (unpaired) electrons. The molecular weight excluding hydrogens is 427 g/mol. The number of benzene rings is 2. The molecule has 0 aliphatic rings. The molecule has 1 amide bonds. The van der Waals surface area contributed by atoms with Gasteiger partial charge in [0.05, 0.1) is 0 Å². The Balaban J connectivity index is 1.60. The lowest BCUT2D eigenvalue weighted by Gasteiger charge is -2.11. The molecule has 0 aliphatic carbocycles. The van der Waals surface area contributed by atoms with Crippen LogP contribution in [0.2, 0.25) is 10.0 Å². The van der Waals surface area contributed by atoms with Crippen molar-refractivity contribution < 1.29 is 9.21 Å². The van der Waals surface area contributed by atoms with E-state index >= 15 is 0 Å². The van der Waals surface area contributed by atoms with Crippen molar-refractivity contribution in [1.29, 1.82) is 0 Å². The number of amides is 1. The van der Waals surface area contributed by atoms with Crippen molar-refractivity contribution >= 4 is 58.2 Å². The number of carbonyl (C=O) groups excluding carboxylic acids is 1. The van der Waals surface area contributed by atoms with Crippen LogP contribution in [-0.4, -0.2) is 11.0 Å². The Kier molecular flexibility index (Phi) is 6.75. The summed E-state index contributed by atoms with van der Waals surface area (Å²) in [5.74, 6) is 0.747. The van der Waals surface area contributed by atoms with E-state index in [4.69, 9.17) is 39.8 Å². The van der Waals surface area contributed by atoms with Crippen molar-refractivity contribution in [3.05, 3.63) is 81.5 Å². The van der Waals surface area contributed by atoms with Crippen LogP contribution in [0.4, 0.5) is 5.69 Å². The summed E-state index contributed by atoms with van der Waals surface area (Å²) in [7, 11) is 0. The molecule has 0 aliphatic heterocycles. The molecule has 0 atom stereocenters. The predicted octanol–water partition coefficient (Wildman–Crippen LogP) is 6.40. The lowest BCUT2D eigenvalue weighted by atomic mass is 10.1. The van der Waals surface area contributed by atoms with E-state index in [0.29, 0.717) is 21.6 Å². The molecule has 1 aromatic heterocycles. The van der Waals surface area contributed by atoms with Crippen molar-refractivity contribution in [3.8, 4) is 11.3 Å². The lowest BCUT2D eigenvalue weighted by molar-refractivity contribution is -0.115. The minimum absolute atomic E-state index is 0.223. The molecule has 0 spiro atoms. The van der Waals surface area contributed by atoms with Gasteiger partial charge in [0.1, 0.15) is 11.5 Å². The van der Waals surface area contributed by atoms with Gasteiger partial charge in [0.2, 0.25) is 5.91 Å². The van der Waals surface area contributed by atoms with Gasteiger partial charge in [0.25, 0.3) is 0 Å². The molecule has 3 rings (SSSR count). The highest BCUT2D eigenvalue weighted by Gasteiger charge is 2.07. The van der Waals surface area contributed by atoms with E-state index < -0.39 is 0 Å². The van der Waals surface area contributed by atoms with E-state index in [2.05, 4.69) is 10.6 Å². The minimum Gasteiger partial charge on any atom is -0.457 e. The Morgan fingerprint density at radius 2 is 1.76 bits per heavy atom. The summed E-state index contributed by atoms with van der Waals surface area (Å²) in [4.78, 5) is 12.1. The highest BCUT2D eigenvalue weighted by molar-refractivity contribution is 7.80. The summed E-state index contributed by atoms with van der Waals surface area (Å²) < 4.78 is 5.73. The molecule has 0 unspecified atom stereocenters. The van der Waals surface area contributed by atoms with Crippen LogP contribution in [0.1, 0.15) is 16.9 Å². The lowest BCUT2D eigenvalue weighted by Crippen LogP contribution is -2.33. The largest absolute Gasteiger partial charge is 0.457 e. The second kappa shape index (κ2) is 9.27. The molecular formula is C22H18Cl2N2O2S. The number of furan rings is 1. The number of halogens is 2. The van der Waals surface area contributed by atoms with Gasteiger partial charge in [-0.2, -0.15) is 0 Å². The molecule has 0 saturated carbocycles. The second-order valence-corrected chi connectivity index (χ2v) is 7.74. The van der Waals surface area contributed by atoms with Crippen molar-refractivity contribution in [2.45, 2.75) is 13.8 Å². The fourth-order valence-electron chi connectivity index (χ4n) is 2.71. The average molecular weight is 445 g/mol. The molecule has 1 heterocycles. The number of carbonyl (C=O) groups is 1. The zero-order valence-corrected chi connectivity index (χ0v) is 18.1. The first-order chi connectivity index (χ1) is 13.8. The van der Waals surface area contributed by atoms with Crippen molar-refractivity contribution in [3.63, 3.8) is 0 Å². The third-order valence-corrected chi connectivity index (χ3v) is 4.68. The average Bonchev–Trinajstić information content (AvgIpc) is 3.11. The van der Waals surface area contributed by atoms with Crippen LogP contribution in [-0.2, 0) is 4.79 Å². The van der Waals surface area contributed by atoms with E-state index in [-0.39, 0.29) is 11.0 Å². The van der Waals surface area contributed by atoms with Crippen molar-refractivity contribution in [2.75, 3.05) is 5.32 Å². The fraction of sp³-hybridized carbons (Fsp3) is 0.0909. The molecule has 4 nitrogen and oxygen atoms in total. The van der Waals surface area contributed by atoms with Crippen LogP contribution in [0.25, 0.3) is 17.4 Å². The maximum absolute atomic E-state index is 12.1. The van der Waals surface area contributed by atoms with E-state index in [9.17, 15) is 4.79 Å². The quantitative estimate of drug-likeness (QED) is 0.361. The molecule has 2 aromatic carbocycles. The van der Waals surface area contributed by atoms with Crippen molar-refractivity contribution in [1.82, 2.24) is 5.32 Å². The molecule has 7 heteroatoms. The standard InChI is InChI=1S/C22H18Cl2N2O2S/c1-13-3-6-19(14(2)9-13)25-22(29)26-21(27)8-5-18-4-7-20(28-18)15-10-16(23)12-17(24)11-15/h3-12H,1-2H3,(H2,25,26,27,29)/b8-5+. The Morgan fingerprint density at radius 3 is 2.45 bits per heavy atom. The number of anilines is 1. The van der Waals surface area contributed by atoms with E-state index in [1.54, 1.807) is 36.4 Å². The van der Waals surface area contributed by atoms with Crippen LogP contribution < -0.4 is 10.6 Å². The first kappa shape index (κ1) is 21.1. The van der Waals surface area contributed by atoms with Gasteiger partial charge < -0.3 is 9.73 Å². The normalized spacial score (nSPS) is 10.9. The zero-order valence-electron chi connectivity index (χ0n) is 15.8. The number of thiocarbonyl (C=S) groups is 1. The number of nitrogens with one attached hydrogen (secondary N) is 2. The molecule has 3 aromatic rings. The van der Waals surface area contributed by atoms with Gasteiger partial charge in [-0.25, -0.2) is 0 Å². The van der Waals surface area contributed by atoms with Crippen LogP contribution in [0, 0.1) is 13.8 Å². The van der Waals surface area contributed by atoms with Gasteiger partial charge in [-0.05, 0) is 74.1 Å². The summed E-state index contributed by atoms with van der Waals surface area (Å²) >= 11 is 17.2. The molecule has 29 heavy (non-hydrogen) atoms. The minimum atomic E-state index is -0.365. The van der Waals surface area contributed by atoms with Gasteiger partial charge in [-0.3, -0.25) is 10.1 Å². The van der Waals surface area contributed by atoms with E-state index in [1.807, 2.05) is 32.0 Å². The van der Waals surface area contributed by atoms with Gasteiger partial charge in [-0.1, -0.05) is 40.9 Å². The fourth-order valence-corrected chi connectivity index (χ4v) is 3.45. The summed E-state index contributed by atoms with van der Waals surface area (Å²) in [6, 6.07) is 14.6. The van der Waals surface area contributed by atoms with Crippen LogP contribution in [0.5, 0.6) is 0 Å². The molecule has 2 N–H and O–H groups in total. The first-order valence-electron chi connectivity index (χ1n) is 8.74. The third kappa shape index (κ3) is 5.94. The van der Waals surface area contributed by atoms with E-state index in [0.717, 1.165) is 22.4 Å². The summed E-state index contributed by atoms with van der Waals surface area (Å²) in [5.41, 5.74) is 3.80. The van der Waals surface area contributed by atoms with Crippen LogP contribution >= 0.6 is 35.4 Å². The number of rotatable bonds is 4. The van der Waals surface area contributed by atoms with E-state index in [1.165, 1.54) is 6.08 Å². The van der Waals surface area contributed by atoms with Gasteiger partial charge in [0.15, 0.2) is 5.11 Å². The van der Waals surface area contributed by atoms with Crippen molar-refractivity contribution in [2.24, 2.45) is 0 Å². The second-order valence-electron chi connectivity index (χ2n) is 6.46. The summed E-state index contributed by atoms with van der Waals surface area (Å²) in [6.07, 6.45) is 2.91. The smallest absolute Gasteiger partial charge is 0.250 e. The highest BCUT2D eigenvalue weighted by atomic mass is 35.5. The number of hydrogen-bond donors (Lipinski definition) is 2. The molecule has 0 fully saturated rings. The van der Waals surface area contributed by atoms with Gasteiger partial charge in [-0.15, -0.1) is 0 Å².